The first-order valence-corrected chi connectivity index (χ1v) is 20.5. The number of hydrogen-bond donors (Lipinski definition) is 0. The van der Waals surface area contributed by atoms with Gasteiger partial charge < -0.3 is 9.13 Å². The van der Waals surface area contributed by atoms with Gasteiger partial charge in [-0.15, -0.1) is 0 Å². The van der Waals surface area contributed by atoms with E-state index in [2.05, 4.69) is 188 Å². The number of aromatic nitrogens is 5. The van der Waals surface area contributed by atoms with E-state index in [1.807, 2.05) is 13.8 Å². The Labute approximate surface area is 343 Å². The number of benzene rings is 5. The minimum atomic E-state index is -0.0878. The van der Waals surface area contributed by atoms with Gasteiger partial charge in [-0.2, -0.15) is 5.26 Å². The molecule has 6 heteroatoms. The molecule has 0 N–H and O–H groups in total. The quantitative estimate of drug-likeness (QED) is 0.180. The summed E-state index contributed by atoms with van der Waals surface area (Å²) in [4.78, 5) is 14.4. The van der Waals surface area contributed by atoms with Crippen molar-refractivity contribution in [2.75, 3.05) is 0 Å². The largest absolute Gasteiger partial charge is 0.308 e. The lowest BCUT2D eigenvalue weighted by Crippen LogP contribution is -2.12. The van der Waals surface area contributed by atoms with E-state index in [0.29, 0.717) is 23.0 Å². The molecule has 0 saturated heterocycles. The lowest BCUT2D eigenvalue weighted by atomic mass is 9.86. The van der Waals surface area contributed by atoms with Gasteiger partial charge in [-0.3, -0.25) is 0 Å². The van der Waals surface area contributed by atoms with Crippen LogP contribution in [0.1, 0.15) is 123 Å². The number of fused-ring (bicyclic) bond motifs is 6. The van der Waals surface area contributed by atoms with Crippen LogP contribution in [0.5, 0.6) is 0 Å². The molecule has 3 aromatic heterocycles. The van der Waals surface area contributed by atoms with Crippen LogP contribution in [0, 0.1) is 25.2 Å². The molecule has 0 radical (unpaired) electrons. The van der Waals surface area contributed by atoms with Crippen LogP contribution in [0.25, 0.3) is 66.4 Å². The van der Waals surface area contributed by atoms with E-state index in [1.165, 1.54) is 22.3 Å². The van der Waals surface area contributed by atoms with Crippen molar-refractivity contribution >= 4 is 43.6 Å². The maximum absolute atomic E-state index is 11.7. The summed E-state index contributed by atoms with van der Waals surface area (Å²) in [6, 6.07) is 34.4. The molecule has 0 aliphatic heterocycles. The smallest absolute Gasteiger partial charge is 0.163 e. The zero-order valence-electron chi connectivity index (χ0n) is 36.8. The first-order chi connectivity index (χ1) is 27.0. The van der Waals surface area contributed by atoms with Crippen LogP contribution in [0.3, 0.4) is 0 Å². The average Bonchev–Trinajstić information content (AvgIpc) is 3.63. The highest BCUT2D eigenvalue weighted by Gasteiger charge is 2.27. The van der Waals surface area contributed by atoms with Crippen LogP contribution in [-0.2, 0) is 21.7 Å². The topological polar surface area (TPSA) is 72.3 Å². The van der Waals surface area contributed by atoms with Crippen molar-refractivity contribution in [3.05, 3.63) is 124 Å². The van der Waals surface area contributed by atoms with Gasteiger partial charge in [0.1, 0.15) is 23.3 Å². The molecular weight excluding hydrogens is 709 g/mol. The van der Waals surface area contributed by atoms with Gasteiger partial charge in [0.25, 0.3) is 0 Å². The third-order valence-electron chi connectivity index (χ3n) is 11.8. The van der Waals surface area contributed by atoms with Crippen molar-refractivity contribution in [3.8, 4) is 28.8 Å². The Kier molecular flexibility index (Phi) is 8.83. The molecule has 3 heterocycles. The highest BCUT2D eigenvalue weighted by molar-refractivity contribution is 6.11. The monoisotopic (exact) mass is 764 g/mol. The van der Waals surface area contributed by atoms with Gasteiger partial charge >= 0.3 is 0 Å². The molecule has 0 unspecified atom stereocenters. The second-order valence-electron chi connectivity index (χ2n) is 20.4. The first kappa shape index (κ1) is 39.0. The summed E-state index contributed by atoms with van der Waals surface area (Å²) in [7, 11) is 0. The second kappa shape index (κ2) is 13.1. The molecule has 294 valence electrons. The maximum Gasteiger partial charge on any atom is 0.163 e. The van der Waals surface area contributed by atoms with E-state index in [0.717, 1.165) is 60.5 Å². The number of rotatable bonds is 3. The number of hydrogen-bond acceptors (Lipinski definition) is 4. The van der Waals surface area contributed by atoms with E-state index in [1.54, 1.807) is 0 Å². The molecule has 0 fully saturated rings. The summed E-state index contributed by atoms with van der Waals surface area (Å²) >= 11 is 0. The predicted octanol–water partition coefficient (Wildman–Crippen LogP) is 13.4. The standard InChI is InChI=1S/C52H56N6/c1-30-54-31(2)56-48(55-30)32-23-42(57-44-25-33(49(3,4)5)15-19-37(44)38-20-16-34(26-45(38)57)50(6,7)8)41(29-53)43(24-32)58-46-27-35(51(9,10)11)17-21-39(46)40-22-18-36(28-47(40)58)52(12,13)14/h15-28H,1-14H3. The van der Waals surface area contributed by atoms with Gasteiger partial charge in [0.2, 0.25) is 0 Å². The zero-order chi connectivity index (χ0) is 41.9. The van der Waals surface area contributed by atoms with Crippen molar-refractivity contribution in [1.82, 2.24) is 24.1 Å². The summed E-state index contributed by atoms with van der Waals surface area (Å²) in [6.45, 7) is 30.9. The molecule has 0 spiro atoms. The third-order valence-corrected chi connectivity index (χ3v) is 11.8. The molecule has 0 bridgehead atoms. The van der Waals surface area contributed by atoms with E-state index in [4.69, 9.17) is 9.97 Å². The molecule has 5 aromatic carbocycles. The number of nitriles is 1. The van der Waals surface area contributed by atoms with E-state index in [-0.39, 0.29) is 21.7 Å². The Hall–Kier alpha value is -5.80. The van der Waals surface area contributed by atoms with E-state index >= 15 is 0 Å². The SMILES string of the molecule is Cc1nc(C)nc(-c2cc(-n3c4cc(C(C)(C)C)ccc4c4ccc(C(C)(C)C)cc43)c(C#N)c(-n3c4cc(C(C)(C)C)ccc4c4ccc(C(C)(C)C)cc43)c2)n1. The van der Waals surface area contributed by atoms with Crippen molar-refractivity contribution in [3.63, 3.8) is 0 Å². The molecule has 0 aliphatic carbocycles. The van der Waals surface area contributed by atoms with Gasteiger partial charge in [-0.05, 0) is 94.2 Å². The summed E-state index contributed by atoms with van der Waals surface area (Å²) in [5.41, 5.74) is 11.8. The fourth-order valence-corrected chi connectivity index (χ4v) is 8.38. The molecule has 0 amide bonds. The fourth-order valence-electron chi connectivity index (χ4n) is 8.38. The van der Waals surface area contributed by atoms with Gasteiger partial charge in [0.05, 0.1) is 33.4 Å². The lowest BCUT2D eigenvalue weighted by Gasteiger charge is -2.22. The predicted molar refractivity (Wildman–Crippen MR) is 243 cm³/mol. The average molecular weight is 765 g/mol. The van der Waals surface area contributed by atoms with Crippen molar-refractivity contribution in [2.24, 2.45) is 0 Å². The lowest BCUT2D eigenvalue weighted by molar-refractivity contribution is 0.590. The Balaban J connectivity index is 1.61. The van der Waals surface area contributed by atoms with Crippen LogP contribution in [0.4, 0.5) is 0 Å². The minimum Gasteiger partial charge on any atom is -0.308 e. The summed E-state index contributed by atoms with van der Waals surface area (Å²) < 4.78 is 4.66. The Bertz CT molecular complexity index is 2680. The minimum absolute atomic E-state index is 0.0878. The van der Waals surface area contributed by atoms with Crippen molar-refractivity contribution in [2.45, 2.75) is 119 Å². The number of aryl methyl sites for hydroxylation is 2. The molecule has 8 aromatic rings. The summed E-state index contributed by atoms with van der Waals surface area (Å²) in [6.07, 6.45) is 0. The summed E-state index contributed by atoms with van der Waals surface area (Å²) in [5.74, 6) is 1.88. The fraction of sp³-hybridized carbons (Fsp3) is 0.346. The number of nitrogens with zero attached hydrogens (tertiary/aromatic N) is 6. The van der Waals surface area contributed by atoms with Gasteiger partial charge in [0, 0.05) is 27.1 Å². The van der Waals surface area contributed by atoms with Gasteiger partial charge in [0.15, 0.2) is 5.82 Å². The third kappa shape index (κ3) is 6.55. The van der Waals surface area contributed by atoms with Gasteiger partial charge in [-0.25, -0.2) is 15.0 Å². The summed E-state index contributed by atoms with van der Waals surface area (Å²) in [5, 5.41) is 16.2. The van der Waals surface area contributed by atoms with Crippen LogP contribution >= 0.6 is 0 Å². The maximum atomic E-state index is 11.7. The Morgan fingerprint density at radius 2 is 0.724 bits per heavy atom. The molecule has 0 atom stereocenters. The molecule has 0 aliphatic rings. The molecule has 0 saturated carbocycles. The highest BCUT2D eigenvalue weighted by Crippen LogP contribution is 2.43. The van der Waals surface area contributed by atoms with Crippen molar-refractivity contribution < 1.29 is 0 Å². The van der Waals surface area contributed by atoms with E-state index < -0.39 is 0 Å². The highest BCUT2D eigenvalue weighted by atomic mass is 15.0. The van der Waals surface area contributed by atoms with Crippen LogP contribution in [0.15, 0.2) is 84.9 Å². The molecule has 8 rings (SSSR count). The zero-order valence-corrected chi connectivity index (χ0v) is 36.8. The van der Waals surface area contributed by atoms with Crippen LogP contribution in [-0.4, -0.2) is 24.1 Å². The van der Waals surface area contributed by atoms with Crippen LogP contribution in [0.2, 0.25) is 0 Å². The normalized spacial score (nSPS) is 13.0. The first-order valence-electron chi connectivity index (χ1n) is 20.5. The van der Waals surface area contributed by atoms with Crippen LogP contribution < -0.4 is 0 Å². The molecule has 58 heavy (non-hydrogen) atoms. The van der Waals surface area contributed by atoms with E-state index in [9.17, 15) is 5.26 Å². The Morgan fingerprint density at radius 1 is 0.431 bits per heavy atom. The van der Waals surface area contributed by atoms with Crippen molar-refractivity contribution in [1.29, 1.82) is 5.26 Å². The molecule has 6 nitrogen and oxygen atoms in total. The molecular formula is C52H56N6. The van der Waals surface area contributed by atoms with Gasteiger partial charge in [-0.1, -0.05) is 132 Å². The second-order valence-corrected chi connectivity index (χ2v) is 20.4. The Morgan fingerprint density at radius 3 is 0.983 bits per heavy atom.